The summed E-state index contributed by atoms with van der Waals surface area (Å²) >= 11 is 0. The van der Waals surface area contributed by atoms with Crippen LogP contribution in [0.25, 0.3) is 0 Å². The van der Waals surface area contributed by atoms with Gasteiger partial charge >= 0.3 is 0 Å². The first-order chi connectivity index (χ1) is 12.2. The fraction of sp³-hybridized carbons (Fsp3) is 0.333. The van der Waals surface area contributed by atoms with Gasteiger partial charge in [0.1, 0.15) is 0 Å². The van der Waals surface area contributed by atoms with Gasteiger partial charge in [0.2, 0.25) is 11.6 Å². The highest BCUT2D eigenvalue weighted by atomic mass is 16.1. The maximum atomic E-state index is 10.8. The number of aromatic amines is 2. The number of amides is 2. The van der Waals surface area contributed by atoms with Crippen molar-refractivity contribution in [3.63, 3.8) is 0 Å². The normalized spacial score (nSPS) is 10.6. The lowest BCUT2D eigenvalue weighted by atomic mass is 10.4. The molecule has 0 aliphatic rings. The molecule has 0 spiro atoms. The quantitative estimate of drug-likeness (QED) is 0.414. The molecule has 0 radical (unpaired) electrons. The predicted molar refractivity (Wildman–Crippen MR) is 90.6 cm³/mol. The minimum Gasteiger partial charge on any atom is -0.364 e. The molecule has 14 heteroatoms. The summed E-state index contributed by atoms with van der Waals surface area (Å²) in [7, 11) is 6.83. The lowest BCUT2D eigenvalue weighted by Gasteiger charge is -1.98. The largest absolute Gasteiger partial charge is 0.364 e. The van der Waals surface area contributed by atoms with Crippen molar-refractivity contribution < 1.29 is 9.59 Å². The molecule has 2 aromatic rings. The standard InChI is InChI=1S/2C6H10N6O/c2*1-12(2)11-10-6-4(5(7)13)8-3-9-6/h2*3H,1-2H3,(H2,7,13)(H,8,9). The maximum Gasteiger partial charge on any atom is 0.269 e. The number of imidazole rings is 2. The average molecular weight is 364 g/mol. The highest BCUT2D eigenvalue weighted by Crippen LogP contribution is 2.13. The zero-order valence-electron chi connectivity index (χ0n) is 14.7. The number of hydrogen-bond donors (Lipinski definition) is 4. The molecule has 6 N–H and O–H groups in total. The minimum atomic E-state index is -0.606. The van der Waals surface area contributed by atoms with Crippen LogP contribution in [0.2, 0.25) is 0 Å². The lowest BCUT2D eigenvalue weighted by molar-refractivity contribution is 0.0988. The van der Waals surface area contributed by atoms with E-state index in [0.717, 1.165) is 0 Å². The summed E-state index contributed by atoms with van der Waals surface area (Å²) in [6.07, 6.45) is 2.67. The van der Waals surface area contributed by atoms with Gasteiger partial charge in [0.25, 0.3) is 11.8 Å². The molecule has 0 aliphatic carbocycles. The number of aromatic nitrogens is 4. The Bertz CT molecular complexity index is 721. The van der Waals surface area contributed by atoms with E-state index in [2.05, 4.69) is 40.6 Å². The van der Waals surface area contributed by atoms with Crippen molar-refractivity contribution in [3.8, 4) is 0 Å². The van der Waals surface area contributed by atoms with E-state index in [4.69, 9.17) is 11.5 Å². The summed E-state index contributed by atoms with van der Waals surface area (Å²) < 4.78 is 0. The summed E-state index contributed by atoms with van der Waals surface area (Å²) in [4.78, 5) is 34.2. The number of nitrogens with one attached hydrogen (secondary N) is 2. The van der Waals surface area contributed by atoms with Gasteiger partial charge in [0, 0.05) is 28.2 Å². The first-order valence-corrected chi connectivity index (χ1v) is 7.06. The third kappa shape index (κ3) is 6.34. The first-order valence-electron chi connectivity index (χ1n) is 7.06. The van der Waals surface area contributed by atoms with Crippen LogP contribution in [-0.2, 0) is 0 Å². The second kappa shape index (κ2) is 9.45. The molecule has 2 heterocycles. The summed E-state index contributed by atoms with van der Waals surface area (Å²) in [6.45, 7) is 0. The average Bonchev–Trinajstić information content (AvgIpc) is 3.20. The van der Waals surface area contributed by atoms with E-state index in [9.17, 15) is 9.59 Å². The van der Waals surface area contributed by atoms with Crippen molar-refractivity contribution in [2.75, 3.05) is 28.2 Å². The molecule has 0 saturated heterocycles. The van der Waals surface area contributed by atoms with Crippen LogP contribution < -0.4 is 11.5 Å². The number of nitrogens with two attached hydrogens (primary N) is 2. The summed E-state index contributed by atoms with van der Waals surface area (Å²) in [5.41, 5.74) is 10.4. The molecule has 2 aromatic heterocycles. The van der Waals surface area contributed by atoms with Gasteiger partial charge < -0.3 is 21.4 Å². The Morgan fingerprint density at radius 1 is 0.846 bits per heavy atom. The van der Waals surface area contributed by atoms with E-state index in [-0.39, 0.29) is 23.0 Å². The Kier molecular flexibility index (Phi) is 7.35. The summed E-state index contributed by atoms with van der Waals surface area (Å²) in [5, 5.41) is 17.7. The van der Waals surface area contributed by atoms with Gasteiger partial charge in [-0.15, -0.1) is 10.2 Å². The van der Waals surface area contributed by atoms with Crippen LogP contribution in [0.4, 0.5) is 11.6 Å². The van der Waals surface area contributed by atoms with Crippen molar-refractivity contribution in [2.24, 2.45) is 32.1 Å². The molecular weight excluding hydrogens is 344 g/mol. The fourth-order valence-corrected chi connectivity index (χ4v) is 1.35. The molecule has 0 aromatic carbocycles. The van der Waals surface area contributed by atoms with E-state index >= 15 is 0 Å². The van der Waals surface area contributed by atoms with Crippen LogP contribution in [0, 0.1) is 0 Å². The van der Waals surface area contributed by atoms with Gasteiger partial charge in [0.05, 0.1) is 12.7 Å². The number of H-pyrrole nitrogens is 2. The number of rotatable bonds is 6. The van der Waals surface area contributed by atoms with Crippen molar-refractivity contribution in [2.45, 2.75) is 0 Å². The van der Waals surface area contributed by atoms with Gasteiger partial charge in [-0.25, -0.2) is 9.97 Å². The molecule has 0 fully saturated rings. The predicted octanol–water partition coefficient (Wildman–Crippen LogP) is 0.138. The molecule has 0 atom stereocenters. The zero-order valence-corrected chi connectivity index (χ0v) is 14.7. The van der Waals surface area contributed by atoms with Crippen LogP contribution in [-0.4, -0.2) is 70.0 Å². The summed E-state index contributed by atoms with van der Waals surface area (Å²) in [6, 6.07) is 0. The minimum absolute atomic E-state index is 0.158. The molecule has 14 nitrogen and oxygen atoms in total. The SMILES string of the molecule is CN(C)N=Nc1nc[nH]c1C(N)=O.CN(C)N=Nc1nc[nH]c1C(N)=O. The monoisotopic (exact) mass is 364 g/mol. The van der Waals surface area contributed by atoms with Crippen LogP contribution in [0.15, 0.2) is 33.3 Å². The number of nitrogens with zero attached hydrogens (tertiary/aromatic N) is 8. The number of primary amides is 2. The molecule has 0 unspecified atom stereocenters. The maximum absolute atomic E-state index is 10.8. The van der Waals surface area contributed by atoms with E-state index in [1.165, 1.54) is 22.7 Å². The Balaban J connectivity index is 0.000000260. The molecule has 2 amide bonds. The fourth-order valence-electron chi connectivity index (χ4n) is 1.35. The Labute approximate surface area is 148 Å². The highest BCUT2D eigenvalue weighted by molar-refractivity contribution is 5.95. The van der Waals surface area contributed by atoms with E-state index in [1.54, 1.807) is 28.2 Å². The van der Waals surface area contributed by atoms with Gasteiger partial charge in [-0.3, -0.25) is 19.6 Å². The zero-order chi connectivity index (χ0) is 19.7. The molecular formula is C12H20N12O2. The molecule has 26 heavy (non-hydrogen) atoms. The molecule has 2 rings (SSSR count). The lowest BCUT2D eigenvalue weighted by Crippen LogP contribution is -2.11. The van der Waals surface area contributed by atoms with Crippen LogP contribution in [0.3, 0.4) is 0 Å². The van der Waals surface area contributed by atoms with Crippen molar-refractivity contribution >= 4 is 23.5 Å². The summed E-state index contributed by atoms with van der Waals surface area (Å²) in [5.74, 6) is -0.821. The van der Waals surface area contributed by atoms with Gasteiger partial charge in [-0.2, -0.15) is 0 Å². The number of carbonyl (C=O) groups is 2. The first kappa shape index (κ1) is 20.2. The van der Waals surface area contributed by atoms with Crippen LogP contribution >= 0.6 is 0 Å². The van der Waals surface area contributed by atoms with Gasteiger partial charge in [-0.05, 0) is 0 Å². The third-order valence-electron chi connectivity index (χ3n) is 2.37. The Hall–Kier alpha value is -3.84. The van der Waals surface area contributed by atoms with Crippen molar-refractivity contribution in [1.82, 2.24) is 30.0 Å². The van der Waals surface area contributed by atoms with Crippen molar-refractivity contribution in [1.29, 1.82) is 0 Å². The Morgan fingerprint density at radius 2 is 1.19 bits per heavy atom. The number of carbonyl (C=O) groups excluding carboxylic acids is 2. The molecule has 140 valence electrons. The van der Waals surface area contributed by atoms with Gasteiger partial charge in [-0.1, -0.05) is 10.4 Å². The van der Waals surface area contributed by atoms with Crippen LogP contribution in [0.5, 0.6) is 0 Å². The van der Waals surface area contributed by atoms with E-state index < -0.39 is 11.8 Å². The molecule has 0 bridgehead atoms. The second-order valence-electron chi connectivity index (χ2n) is 5.00. The number of hydrogen-bond acceptors (Lipinski definition) is 8. The molecule has 0 aliphatic heterocycles. The smallest absolute Gasteiger partial charge is 0.269 e. The van der Waals surface area contributed by atoms with E-state index in [0.29, 0.717) is 0 Å². The highest BCUT2D eigenvalue weighted by Gasteiger charge is 2.10. The topological polar surface area (TPSA) is 199 Å². The third-order valence-corrected chi connectivity index (χ3v) is 2.37. The van der Waals surface area contributed by atoms with E-state index in [1.807, 2.05) is 0 Å². The van der Waals surface area contributed by atoms with Gasteiger partial charge in [0.15, 0.2) is 11.4 Å². The second-order valence-corrected chi connectivity index (χ2v) is 5.00. The Morgan fingerprint density at radius 3 is 1.46 bits per heavy atom. The van der Waals surface area contributed by atoms with Crippen molar-refractivity contribution in [3.05, 3.63) is 24.0 Å². The van der Waals surface area contributed by atoms with Crippen LogP contribution in [0.1, 0.15) is 21.0 Å². The molecule has 0 saturated carbocycles.